The Morgan fingerprint density at radius 1 is 1.37 bits per heavy atom. The largest absolute Gasteiger partial charge is 0.497 e. The van der Waals surface area contributed by atoms with E-state index in [2.05, 4.69) is 19.1 Å². The van der Waals surface area contributed by atoms with Crippen molar-refractivity contribution in [1.82, 2.24) is 0 Å². The van der Waals surface area contributed by atoms with Gasteiger partial charge in [0.2, 0.25) is 0 Å². The molecule has 0 bridgehead atoms. The highest BCUT2D eigenvalue weighted by molar-refractivity contribution is 5.60. The van der Waals surface area contributed by atoms with E-state index in [1.807, 2.05) is 18.2 Å². The molecule has 3 nitrogen and oxygen atoms in total. The topological polar surface area (TPSA) is 35.5 Å². The highest BCUT2D eigenvalue weighted by atomic mass is 16.5. The molecule has 1 aliphatic heterocycles. The number of hydrogen-bond acceptors (Lipinski definition) is 3. The van der Waals surface area contributed by atoms with Gasteiger partial charge in [0.15, 0.2) is 0 Å². The van der Waals surface area contributed by atoms with Gasteiger partial charge in [-0.25, -0.2) is 0 Å². The number of hydrogen-bond donors (Lipinski definition) is 0. The molecule has 1 aliphatic carbocycles. The van der Waals surface area contributed by atoms with E-state index < -0.39 is 0 Å². The number of benzene rings is 1. The van der Waals surface area contributed by atoms with Crippen molar-refractivity contribution in [1.29, 1.82) is 0 Å². The maximum Gasteiger partial charge on any atom is 0.124 e. The van der Waals surface area contributed by atoms with Crippen LogP contribution in [0.4, 0.5) is 0 Å². The zero-order chi connectivity index (χ0) is 13.4. The Morgan fingerprint density at radius 3 is 2.95 bits per heavy atom. The van der Waals surface area contributed by atoms with Crippen molar-refractivity contribution >= 4 is 6.29 Å². The first-order valence-electron chi connectivity index (χ1n) is 6.69. The van der Waals surface area contributed by atoms with Gasteiger partial charge in [0, 0.05) is 23.3 Å². The predicted octanol–water partition coefficient (Wildman–Crippen LogP) is 2.81. The molecule has 0 saturated heterocycles. The number of rotatable bonds is 2. The van der Waals surface area contributed by atoms with Crippen LogP contribution in [0.1, 0.15) is 18.4 Å². The minimum absolute atomic E-state index is 0.0183. The molecule has 1 aromatic rings. The molecule has 2 aliphatic rings. The molecule has 1 aromatic carbocycles. The van der Waals surface area contributed by atoms with Crippen molar-refractivity contribution in [3.8, 4) is 11.5 Å². The molecule has 0 aromatic heterocycles. The van der Waals surface area contributed by atoms with Crippen LogP contribution in [0.2, 0.25) is 0 Å². The van der Waals surface area contributed by atoms with Crippen molar-refractivity contribution in [2.75, 3.05) is 13.7 Å². The van der Waals surface area contributed by atoms with Gasteiger partial charge >= 0.3 is 0 Å². The standard InChI is InChI=1S/C16H18O3/c1-10-3-4-11-9-19-15-6-5-12(18-2)7-13(15)16(11)14(10)8-17/h3-8,10-11,14,16H,9H2,1-2H3. The molecule has 3 rings (SSSR count). The Hall–Kier alpha value is -1.77. The number of methoxy groups -OCH3 is 1. The summed E-state index contributed by atoms with van der Waals surface area (Å²) in [5.41, 5.74) is 1.10. The summed E-state index contributed by atoms with van der Waals surface area (Å²) in [5.74, 6) is 2.48. The van der Waals surface area contributed by atoms with Gasteiger partial charge in [-0.05, 0) is 24.1 Å². The Kier molecular flexibility index (Phi) is 3.05. The zero-order valence-corrected chi connectivity index (χ0v) is 11.2. The third-order valence-corrected chi connectivity index (χ3v) is 4.31. The van der Waals surface area contributed by atoms with Gasteiger partial charge in [0.25, 0.3) is 0 Å². The minimum atomic E-state index is 0.0183. The van der Waals surface area contributed by atoms with E-state index in [0.717, 1.165) is 23.3 Å². The highest BCUT2D eigenvalue weighted by Gasteiger charge is 2.39. The van der Waals surface area contributed by atoms with Crippen molar-refractivity contribution in [2.24, 2.45) is 17.8 Å². The highest BCUT2D eigenvalue weighted by Crippen LogP contribution is 2.47. The van der Waals surface area contributed by atoms with E-state index in [0.29, 0.717) is 6.61 Å². The first kappa shape index (κ1) is 12.3. The number of fused-ring (bicyclic) bond motifs is 3. The van der Waals surface area contributed by atoms with Gasteiger partial charge in [-0.3, -0.25) is 0 Å². The normalized spacial score (nSPS) is 31.9. The fraction of sp³-hybridized carbons (Fsp3) is 0.438. The summed E-state index contributed by atoms with van der Waals surface area (Å²) in [6, 6.07) is 5.85. The van der Waals surface area contributed by atoms with Crippen LogP contribution in [0.15, 0.2) is 30.4 Å². The van der Waals surface area contributed by atoms with Crippen molar-refractivity contribution < 1.29 is 14.3 Å². The van der Waals surface area contributed by atoms with E-state index >= 15 is 0 Å². The fourth-order valence-electron chi connectivity index (χ4n) is 3.22. The Labute approximate surface area is 113 Å². The average Bonchev–Trinajstić information content (AvgIpc) is 2.46. The lowest BCUT2D eigenvalue weighted by molar-refractivity contribution is -0.113. The zero-order valence-electron chi connectivity index (χ0n) is 11.2. The lowest BCUT2D eigenvalue weighted by Crippen LogP contribution is -2.35. The molecule has 0 saturated carbocycles. The Bertz CT molecular complexity index is 521. The van der Waals surface area contributed by atoms with Gasteiger partial charge in [-0.15, -0.1) is 0 Å². The van der Waals surface area contributed by atoms with Crippen LogP contribution in [-0.4, -0.2) is 20.0 Å². The first-order chi connectivity index (χ1) is 9.24. The van der Waals surface area contributed by atoms with E-state index in [-0.39, 0.29) is 23.7 Å². The summed E-state index contributed by atoms with van der Waals surface area (Å²) < 4.78 is 11.1. The van der Waals surface area contributed by atoms with E-state index in [4.69, 9.17) is 9.47 Å². The fourth-order valence-corrected chi connectivity index (χ4v) is 3.22. The first-order valence-corrected chi connectivity index (χ1v) is 6.69. The van der Waals surface area contributed by atoms with E-state index in [1.54, 1.807) is 7.11 Å². The van der Waals surface area contributed by atoms with E-state index in [1.165, 1.54) is 0 Å². The van der Waals surface area contributed by atoms with Crippen LogP contribution >= 0.6 is 0 Å². The molecule has 3 heteroatoms. The smallest absolute Gasteiger partial charge is 0.124 e. The molecule has 0 N–H and O–H groups in total. The Balaban J connectivity index is 2.09. The lowest BCUT2D eigenvalue weighted by atomic mass is 9.68. The van der Waals surface area contributed by atoms with Crippen LogP contribution in [0, 0.1) is 17.8 Å². The second kappa shape index (κ2) is 4.72. The third kappa shape index (κ3) is 1.93. The predicted molar refractivity (Wildman–Crippen MR) is 72.6 cm³/mol. The number of carbonyl (C=O) groups excluding carboxylic acids is 1. The molecular weight excluding hydrogens is 240 g/mol. The van der Waals surface area contributed by atoms with Crippen molar-refractivity contribution in [2.45, 2.75) is 12.8 Å². The van der Waals surface area contributed by atoms with Gasteiger partial charge in [-0.2, -0.15) is 0 Å². The van der Waals surface area contributed by atoms with Crippen molar-refractivity contribution in [3.05, 3.63) is 35.9 Å². The van der Waals surface area contributed by atoms with Gasteiger partial charge in [0.05, 0.1) is 13.7 Å². The van der Waals surface area contributed by atoms with Crippen LogP contribution < -0.4 is 9.47 Å². The van der Waals surface area contributed by atoms with Crippen LogP contribution in [0.25, 0.3) is 0 Å². The molecule has 0 fully saturated rings. The molecule has 100 valence electrons. The summed E-state index contributed by atoms with van der Waals surface area (Å²) in [4.78, 5) is 11.5. The van der Waals surface area contributed by atoms with Crippen LogP contribution in [0.5, 0.6) is 11.5 Å². The maximum atomic E-state index is 11.5. The summed E-state index contributed by atoms with van der Waals surface area (Å²) in [5, 5.41) is 0. The van der Waals surface area contributed by atoms with Gasteiger partial charge in [-0.1, -0.05) is 19.1 Å². The molecule has 0 spiro atoms. The summed E-state index contributed by atoms with van der Waals surface area (Å²) in [6.45, 7) is 2.75. The van der Waals surface area contributed by atoms with Gasteiger partial charge in [0.1, 0.15) is 17.8 Å². The maximum absolute atomic E-state index is 11.5. The Morgan fingerprint density at radius 2 is 2.21 bits per heavy atom. The molecular formula is C16H18O3. The van der Waals surface area contributed by atoms with E-state index in [9.17, 15) is 4.79 Å². The molecule has 1 heterocycles. The molecule has 0 amide bonds. The second-order valence-corrected chi connectivity index (χ2v) is 5.36. The van der Waals surface area contributed by atoms with Crippen LogP contribution in [0.3, 0.4) is 0 Å². The quantitative estimate of drug-likeness (QED) is 0.604. The number of aldehydes is 1. The molecule has 4 unspecified atom stereocenters. The summed E-state index contributed by atoms with van der Waals surface area (Å²) >= 11 is 0. The molecule has 0 radical (unpaired) electrons. The molecule has 4 atom stereocenters. The third-order valence-electron chi connectivity index (χ3n) is 4.31. The lowest BCUT2D eigenvalue weighted by Gasteiger charge is -2.39. The SMILES string of the molecule is COc1ccc2c(c1)C1C(C=CC(C)C1C=O)CO2. The number of allylic oxidation sites excluding steroid dienone is 1. The average molecular weight is 258 g/mol. The number of ether oxygens (including phenoxy) is 2. The summed E-state index contributed by atoms with van der Waals surface area (Å²) in [7, 11) is 1.66. The number of carbonyl (C=O) groups is 1. The van der Waals surface area contributed by atoms with Gasteiger partial charge < -0.3 is 14.3 Å². The molecule has 19 heavy (non-hydrogen) atoms. The monoisotopic (exact) mass is 258 g/mol. The second-order valence-electron chi connectivity index (χ2n) is 5.36. The minimum Gasteiger partial charge on any atom is -0.497 e. The van der Waals surface area contributed by atoms with Crippen molar-refractivity contribution in [3.63, 3.8) is 0 Å². The summed E-state index contributed by atoms with van der Waals surface area (Å²) in [6.07, 6.45) is 5.42. The van der Waals surface area contributed by atoms with Crippen LogP contribution in [-0.2, 0) is 4.79 Å².